The van der Waals surface area contributed by atoms with Crippen LogP contribution in [0.15, 0.2) is 18.2 Å². The van der Waals surface area contributed by atoms with E-state index in [1.54, 1.807) is 4.90 Å². The first kappa shape index (κ1) is 20.3. The largest absolute Gasteiger partial charge is 0.496 e. The summed E-state index contributed by atoms with van der Waals surface area (Å²) in [5, 5.41) is 3.11. The molecule has 1 aliphatic rings. The summed E-state index contributed by atoms with van der Waals surface area (Å²) in [5.74, 6) is -0.234. The molecule has 1 heterocycles. The maximum absolute atomic E-state index is 13.4. The fraction of sp³-hybridized carbons (Fsp3) is 0.538. The summed E-state index contributed by atoms with van der Waals surface area (Å²) in [4.78, 5) is 1.67. The Hall–Kier alpha value is -0.690. The van der Waals surface area contributed by atoms with Crippen molar-refractivity contribution < 1.29 is 17.9 Å². The predicted molar refractivity (Wildman–Crippen MR) is 80.6 cm³/mol. The molecule has 1 N–H and O–H groups in total. The van der Waals surface area contributed by atoms with Crippen LogP contribution in [0.1, 0.15) is 11.6 Å². The number of methoxy groups -OCH3 is 1. The number of alkyl halides is 2. The van der Waals surface area contributed by atoms with Gasteiger partial charge in [0.2, 0.25) is 0 Å². The minimum absolute atomic E-state index is 0. The van der Waals surface area contributed by atoms with Gasteiger partial charge in [-0.15, -0.1) is 24.8 Å². The highest BCUT2D eigenvalue weighted by molar-refractivity contribution is 5.85. The molecule has 1 fully saturated rings. The van der Waals surface area contributed by atoms with Crippen molar-refractivity contribution in [3.63, 3.8) is 0 Å². The molecule has 21 heavy (non-hydrogen) atoms. The van der Waals surface area contributed by atoms with Crippen molar-refractivity contribution >= 4 is 24.8 Å². The minimum atomic E-state index is -2.59. The monoisotopic (exact) mass is 346 g/mol. The zero-order chi connectivity index (χ0) is 13.8. The van der Waals surface area contributed by atoms with Crippen LogP contribution in [-0.2, 0) is 0 Å². The number of benzene rings is 1. The van der Waals surface area contributed by atoms with Crippen molar-refractivity contribution in [3.8, 4) is 5.75 Å². The Morgan fingerprint density at radius 1 is 1.19 bits per heavy atom. The quantitative estimate of drug-likeness (QED) is 0.907. The number of nitrogens with zero attached hydrogens (tertiary/aromatic N) is 1. The number of nitrogens with one attached hydrogen (secondary N) is 1. The van der Waals surface area contributed by atoms with E-state index < -0.39 is 18.3 Å². The van der Waals surface area contributed by atoms with E-state index in [0.717, 1.165) is 6.07 Å². The molecule has 0 amide bonds. The van der Waals surface area contributed by atoms with Gasteiger partial charge in [0, 0.05) is 31.7 Å². The van der Waals surface area contributed by atoms with E-state index >= 15 is 0 Å². The summed E-state index contributed by atoms with van der Waals surface area (Å²) in [6.45, 7) is 2.32. The zero-order valence-electron chi connectivity index (χ0n) is 11.5. The van der Waals surface area contributed by atoms with Gasteiger partial charge in [0.15, 0.2) is 0 Å². The van der Waals surface area contributed by atoms with E-state index in [2.05, 4.69) is 5.32 Å². The molecule has 1 aromatic rings. The molecule has 0 aliphatic carbocycles. The lowest BCUT2D eigenvalue weighted by Crippen LogP contribution is -2.47. The standard InChI is InChI=1S/C13H17F3N2O.2ClH/c1-19-11-3-2-9(14)8-10(11)12(13(15)16)18-6-4-17-5-7-18;;/h2-3,8,12-13,17H,4-7H2,1H3;2*1H/t12-;;/m0../s1. The first-order chi connectivity index (χ1) is 9.13. The molecule has 1 saturated heterocycles. The lowest BCUT2D eigenvalue weighted by atomic mass is 10.0. The second-order valence-electron chi connectivity index (χ2n) is 4.45. The second kappa shape index (κ2) is 9.35. The van der Waals surface area contributed by atoms with Gasteiger partial charge in [0.25, 0.3) is 6.43 Å². The van der Waals surface area contributed by atoms with Gasteiger partial charge in [0.05, 0.1) is 7.11 Å². The van der Waals surface area contributed by atoms with Crippen molar-refractivity contribution in [1.82, 2.24) is 10.2 Å². The molecular formula is C13H19Cl2F3N2O. The van der Waals surface area contributed by atoms with E-state index in [0.29, 0.717) is 31.9 Å². The molecule has 1 atom stereocenters. The topological polar surface area (TPSA) is 24.5 Å². The van der Waals surface area contributed by atoms with Crippen LogP contribution < -0.4 is 10.1 Å². The SMILES string of the molecule is COc1ccc(F)cc1[C@@H](C(F)F)N1CCNCC1.Cl.Cl. The number of ether oxygens (including phenoxy) is 1. The average molecular weight is 347 g/mol. The van der Waals surface area contributed by atoms with Gasteiger partial charge in [0.1, 0.15) is 17.6 Å². The van der Waals surface area contributed by atoms with Crippen LogP contribution >= 0.6 is 24.8 Å². The van der Waals surface area contributed by atoms with Crippen LogP contribution in [0.3, 0.4) is 0 Å². The van der Waals surface area contributed by atoms with Crippen LogP contribution in [0.2, 0.25) is 0 Å². The lowest BCUT2D eigenvalue weighted by molar-refractivity contribution is 0.0169. The van der Waals surface area contributed by atoms with Crippen molar-refractivity contribution in [1.29, 1.82) is 0 Å². The van der Waals surface area contributed by atoms with E-state index in [4.69, 9.17) is 4.74 Å². The van der Waals surface area contributed by atoms with Gasteiger partial charge in [-0.3, -0.25) is 4.90 Å². The Balaban J connectivity index is 0.00000200. The molecule has 1 aliphatic heterocycles. The Morgan fingerprint density at radius 3 is 2.33 bits per heavy atom. The number of rotatable bonds is 4. The summed E-state index contributed by atoms with van der Waals surface area (Å²) >= 11 is 0. The number of hydrogen-bond donors (Lipinski definition) is 1. The third-order valence-electron chi connectivity index (χ3n) is 3.29. The second-order valence-corrected chi connectivity index (χ2v) is 4.45. The summed E-state index contributed by atoms with van der Waals surface area (Å²) in [6.07, 6.45) is -2.59. The van der Waals surface area contributed by atoms with Crippen molar-refractivity contribution in [3.05, 3.63) is 29.6 Å². The maximum atomic E-state index is 13.4. The van der Waals surface area contributed by atoms with Crippen molar-refractivity contribution in [2.75, 3.05) is 33.3 Å². The molecule has 0 aromatic heterocycles. The predicted octanol–water partition coefficient (Wildman–Crippen LogP) is 2.89. The number of piperazine rings is 1. The molecule has 2 rings (SSSR count). The first-order valence-electron chi connectivity index (χ1n) is 6.20. The highest BCUT2D eigenvalue weighted by atomic mass is 35.5. The van der Waals surface area contributed by atoms with Crippen molar-refractivity contribution in [2.45, 2.75) is 12.5 Å². The van der Waals surface area contributed by atoms with Crippen LogP contribution in [0.25, 0.3) is 0 Å². The molecule has 0 radical (unpaired) electrons. The Kier molecular flexibility index (Phi) is 9.04. The van der Waals surface area contributed by atoms with Gasteiger partial charge in [-0.05, 0) is 18.2 Å². The fourth-order valence-corrected chi connectivity index (χ4v) is 2.39. The molecule has 0 unspecified atom stereocenters. The van der Waals surface area contributed by atoms with Gasteiger partial charge in [-0.25, -0.2) is 13.2 Å². The Labute approximate surface area is 134 Å². The van der Waals surface area contributed by atoms with Crippen molar-refractivity contribution in [2.24, 2.45) is 0 Å². The fourth-order valence-electron chi connectivity index (χ4n) is 2.39. The van der Waals surface area contributed by atoms with Crippen LogP contribution in [-0.4, -0.2) is 44.6 Å². The molecule has 122 valence electrons. The zero-order valence-corrected chi connectivity index (χ0v) is 13.2. The molecule has 0 spiro atoms. The Bertz CT molecular complexity index is 432. The summed E-state index contributed by atoms with van der Waals surface area (Å²) < 4.78 is 45.2. The molecular weight excluding hydrogens is 328 g/mol. The molecule has 8 heteroatoms. The van der Waals surface area contributed by atoms with E-state index in [1.807, 2.05) is 0 Å². The Morgan fingerprint density at radius 2 is 1.81 bits per heavy atom. The lowest BCUT2D eigenvalue weighted by Gasteiger charge is -2.35. The number of halogens is 5. The summed E-state index contributed by atoms with van der Waals surface area (Å²) in [6, 6.07) is 2.61. The first-order valence-corrected chi connectivity index (χ1v) is 6.20. The molecule has 1 aromatic carbocycles. The highest BCUT2D eigenvalue weighted by Gasteiger charge is 2.32. The van der Waals surface area contributed by atoms with E-state index in [1.165, 1.54) is 19.2 Å². The van der Waals surface area contributed by atoms with Crippen LogP contribution in [0.5, 0.6) is 5.75 Å². The molecule has 0 saturated carbocycles. The highest BCUT2D eigenvalue weighted by Crippen LogP contribution is 2.34. The van der Waals surface area contributed by atoms with Gasteiger partial charge in [-0.1, -0.05) is 0 Å². The van der Waals surface area contributed by atoms with E-state index in [-0.39, 0.29) is 30.4 Å². The average Bonchev–Trinajstić information content (AvgIpc) is 2.40. The smallest absolute Gasteiger partial charge is 0.258 e. The van der Waals surface area contributed by atoms with Gasteiger partial charge < -0.3 is 10.1 Å². The maximum Gasteiger partial charge on any atom is 0.258 e. The van der Waals surface area contributed by atoms with Crippen LogP contribution in [0.4, 0.5) is 13.2 Å². The third-order valence-corrected chi connectivity index (χ3v) is 3.29. The normalized spacial score (nSPS) is 16.8. The minimum Gasteiger partial charge on any atom is -0.496 e. The van der Waals surface area contributed by atoms with E-state index in [9.17, 15) is 13.2 Å². The third kappa shape index (κ3) is 4.92. The molecule has 0 bridgehead atoms. The molecule has 3 nitrogen and oxygen atoms in total. The summed E-state index contributed by atoms with van der Waals surface area (Å²) in [5.41, 5.74) is 0.208. The van der Waals surface area contributed by atoms with Gasteiger partial charge in [-0.2, -0.15) is 0 Å². The summed E-state index contributed by atoms with van der Waals surface area (Å²) in [7, 11) is 1.40. The van der Waals surface area contributed by atoms with Crippen LogP contribution in [0, 0.1) is 5.82 Å². The van der Waals surface area contributed by atoms with Gasteiger partial charge >= 0.3 is 0 Å². The number of hydrogen-bond acceptors (Lipinski definition) is 3.